The molecule has 1 nitrogen and oxygen atoms in total. The van der Waals surface area contributed by atoms with Crippen molar-refractivity contribution in [1.82, 2.24) is 4.98 Å². The largest absolute Gasteiger partial charge is 0.269 e. The molecule has 0 atom stereocenters. The first kappa shape index (κ1) is 9.61. The monoisotopic (exact) mass is 215 g/mol. The highest BCUT2D eigenvalue weighted by atomic mass is 35.5. The van der Waals surface area contributed by atoms with E-state index in [1.54, 1.807) is 0 Å². The van der Waals surface area contributed by atoms with Crippen molar-refractivity contribution in [2.24, 2.45) is 0 Å². The second-order valence-corrected chi connectivity index (χ2v) is 2.69. The third kappa shape index (κ3) is 1.64. The minimum Gasteiger partial charge on any atom is -0.242 e. The van der Waals surface area contributed by atoms with Gasteiger partial charge in [-0.25, -0.2) is 18.2 Å². The first-order chi connectivity index (χ1) is 5.54. The molecule has 0 bridgehead atoms. The van der Waals surface area contributed by atoms with Gasteiger partial charge in [-0.1, -0.05) is 23.2 Å². The van der Waals surface area contributed by atoms with E-state index in [1.807, 2.05) is 0 Å². The molecule has 1 aromatic heterocycles. The summed E-state index contributed by atoms with van der Waals surface area (Å²) in [6.07, 6.45) is -2.13. The van der Waals surface area contributed by atoms with Crippen molar-refractivity contribution < 1.29 is 13.2 Å². The molecule has 66 valence electrons. The minimum atomic E-state index is -3.01. The Labute approximate surface area is 76.1 Å². The molecule has 0 N–H and O–H groups in total. The average molecular weight is 216 g/mol. The smallest absolute Gasteiger partial charge is 0.242 e. The molecule has 6 heteroatoms. The molecule has 0 saturated carbocycles. The van der Waals surface area contributed by atoms with Gasteiger partial charge in [0.15, 0.2) is 5.82 Å². The van der Waals surface area contributed by atoms with Gasteiger partial charge in [0, 0.05) is 0 Å². The number of pyridine rings is 1. The highest BCUT2D eigenvalue weighted by Gasteiger charge is 2.20. The van der Waals surface area contributed by atoms with Gasteiger partial charge >= 0.3 is 0 Å². The van der Waals surface area contributed by atoms with Crippen molar-refractivity contribution in [3.8, 4) is 0 Å². The van der Waals surface area contributed by atoms with Crippen LogP contribution in [0.15, 0.2) is 6.20 Å². The van der Waals surface area contributed by atoms with Gasteiger partial charge in [0.05, 0.1) is 16.8 Å². The van der Waals surface area contributed by atoms with Crippen LogP contribution in [-0.2, 0) is 0 Å². The van der Waals surface area contributed by atoms with E-state index in [1.165, 1.54) is 0 Å². The van der Waals surface area contributed by atoms with E-state index in [-0.39, 0.29) is 0 Å². The normalized spacial score (nSPS) is 10.8. The van der Waals surface area contributed by atoms with Crippen molar-refractivity contribution in [2.75, 3.05) is 0 Å². The summed E-state index contributed by atoms with van der Waals surface area (Å²) in [4.78, 5) is 3.27. The Morgan fingerprint density at radius 3 is 2.33 bits per heavy atom. The van der Waals surface area contributed by atoms with Crippen molar-refractivity contribution in [3.05, 3.63) is 27.8 Å². The lowest BCUT2D eigenvalue weighted by Crippen LogP contribution is -1.95. The van der Waals surface area contributed by atoms with Crippen molar-refractivity contribution in [1.29, 1.82) is 0 Å². The van der Waals surface area contributed by atoms with Crippen LogP contribution < -0.4 is 0 Å². The van der Waals surface area contributed by atoms with Crippen LogP contribution in [0.1, 0.15) is 12.0 Å². The molecule has 0 saturated heterocycles. The standard InChI is InChI=1S/C6H2Cl2F3N/c7-2-1-12-5(8)3(4(2)9)6(10)11/h1,6H. The summed E-state index contributed by atoms with van der Waals surface area (Å²) in [5.74, 6) is -1.22. The van der Waals surface area contributed by atoms with Gasteiger partial charge in [-0.3, -0.25) is 0 Å². The van der Waals surface area contributed by atoms with Gasteiger partial charge < -0.3 is 0 Å². The van der Waals surface area contributed by atoms with Crippen molar-refractivity contribution in [3.63, 3.8) is 0 Å². The summed E-state index contributed by atoms with van der Waals surface area (Å²) in [6, 6.07) is 0. The van der Waals surface area contributed by atoms with E-state index < -0.39 is 28.0 Å². The second kappa shape index (κ2) is 3.49. The molecule has 0 amide bonds. The first-order valence-corrected chi connectivity index (χ1v) is 3.57. The Kier molecular flexibility index (Phi) is 2.80. The zero-order valence-corrected chi connectivity index (χ0v) is 7.00. The van der Waals surface area contributed by atoms with Gasteiger partial charge in [0.2, 0.25) is 0 Å². The molecule has 1 rings (SSSR count). The molecule has 0 aliphatic heterocycles. The Balaban J connectivity index is 3.33. The van der Waals surface area contributed by atoms with Crippen LogP contribution in [0.2, 0.25) is 10.2 Å². The summed E-state index contributed by atoms with van der Waals surface area (Å²) in [5, 5.41) is -1.03. The molecule has 0 unspecified atom stereocenters. The number of rotatable bonds is 1. The van der Waals surface area contributed by atoms with Crippen LogP contribution in [-0.4, -0.2) is 4.98 Å². The molecule has 0 aromatic carbocycles. The lowest BCUT2D eigenvalue weighted by atomic mass is 10.3. The van der Waals surface area contributed by atoms with E-state index in [0.29, 0.717) is 0 Å². The predicted molar refractivity (Wildman–Crippen MR) is 39.2 cm³/mol. The third-order valence-electron chi connectivity index (χ3n) is 1.18. The van der Waals surface area contributed by atoms with E-state index >= 15 is 0 Å². The molecule has 0 spiro atoms. The lowest BCUT2D eigenvalue weighted by molar-refractivity contribution is 0.146. The quantitative estimate of drug-likeness (QED) is 0.655. The fourth-order valence-electron chi connectivity index (χ4n) is 0.645. The van der Waals surface area contributed by atoms with Gasteiger partial charge in [-0.05, 0) is 0 Å². The van der Waals surface area contributed by atoms with Crippen LogP contribution in [0.3, 0.4) is 0 Å². The zero-order valence-electron chi connectivity index (χ0n) is 5.49. The first-order valence-electron chi connectivity index (χ1n) is 2.81. The average Bonchev–Trinajstić information content (AvgIpc) is 1.97. The maximum atomic E-state index is 12.8. The highest BCUT2D eigenvalue weighted by molar-refractivity contribution is 6.32. The van der Waals surface area contributed by atoms with Gasteiger partial charge in [-0.15, -0.1) is 0 Å². The Morgan fingerprint density at radius 1 is 1.33 bits per heavy atom. The Hall–Kier alpha value is -0.480. The fourth-order valence-corrected chi connectivity index (χ4v) is 1.01. The zero-order chi connectivity index (χ0) is 9.30. The molecule has 0 radical (unpaired) electrons. The Bertz CT molecular complexity index is 303. The van der Waals surface area contributed by atoms with Crippen LogP contribution >= 0.6 is 23.2 Å². The molecule has 0 aliphatic carbocycles. The highest BCUT2D eigenvalue weighted by Crippen LogP contribution is 2.31. The predicted octanol–water partition coefficient (Wildman–Crippen LogP) is 3.47. The molecule has 0 fully saturated rings. The van der Waals surface area contributed by atoms with E-state index in [4.69, 9.17) is 23.2 Å². The number of aromatic nitrogens is 1. The molecule has 0 aliphatic rings. The summed E-state index contributed by atoms with van der Waals surface area (Å²) in [5.41, 5.74) is -0.954. The molecular weight excluding hydrogens is 214 g/mol. The third-order valence-corrected chi connectivity index (χ3v) is 1.74. The van der Waals surface area contributed by atoms with E-state index in [0.717, 1.165) is 6.20 Å². The summed E-state index contributed by atoms with van der Waals surface area (Å²) < 4.78 is 36.9. The van der Waals surface area contributed by atoms with Crippen LogP contribution in [0.5, 0.6) is 0 Å². The Morgan fingerprint density at radius 2 is 1.92 bits per heavy atom. The molecule has 1 aromatic rings. The maximum Gasteiger partial charge on any atom is 0.269 e. The number of nitrogens with zero attached hydrogens (tertiary/aromatic N) is 1. The molecule has 12 heavy (non-hydrogen) atoms. The minimum absolute atomic E-state index is 0.463. The number of alkyl halides is 2. The van der Waals surface area contributed by atoms with E-state index in [2.05, 4.69) is 4.98 Å². The topological polar surface area (TPSA) is 12.9 Å². The second-order valence-electron chi connectivity index (χ2n) is 1.93. The van der Waals surface area contributed by atoms with Gasteiger partial charge in [0.25, 0.3) is 6.43 Å². The van der Waals surface area contributed by atoms with Gasteiger partial charge in [-0.2, -0.15) is 0 Å². The maximum absolute atomic E-state index is 12.8. The number of hydrogen-bond donors (Lipinski definition) is 0. The van der Waals surface area contributed by atoms with E-state index in [9.17, 15) is 13.2 Å². The summed E-state index contributed by atoms with van der Waals surface area (Å²) in [6.45, 7) is 0. The number of hydrogen-bond acceptors (Lipinski definition) is 1. The number of halogens is 5. The van der Waals surface area contributed by atoms with Crippen LogP contribution in [0.4, 0.5) is 13.2 Å². The summed E-state index contributed by atoms with van der Waals surface area (Å²) >= 11 is 10.4. The van der Waals surface area contributed by atoms with Crippen LogP contribution in [0, 0.1) is 5.82 Å². The van der Waals surface area contributed by atoms with Gasteiger partial charge in [0.1, 0.15) is 5.15 Å². The lowest BCUT2D eigenvalue weighted by Gasteiger charge is -2.03. The fraction of sp³-hybridized carbons (Fsp3) is 0.167. The molecular formula is C6H2Cl2F3N. The van der Waals surface area contributed by atoms with Crippen LogP contribution in [0.25, 0.3) is 0 Å². The molecule has 1 heterocycles. The summed E-state index contributed by atoms with van der Waals surface area (Å²) in [7, 11) is 0. The van der Waals surface area contributed by atoms with Crippen molar-refractivity contribution >= 4 is 23.2 Å². The van der Waals surface area contributed by atoms with Crippen molar-refractivity contribution in [2.45, 2.75) is 6.43 Å². The SMILES string of the molecule is Fc1c(Cl)cnc(Cl)c1C(F)F.